The van der Waals surface area contributed by atoms with Crippen molar-refractivity contribution < 1.29 is 14.3 Å². The fraction of sp³-hybridized carbons (Fsp3) is 0.300. The van der Waals surface area contributed by atoms with Crippen molar-refractivity contribution in [1.82, 2.24) is 30.6 Å². The maximum absolute atomic E-state index is 11.4. The topological polar surface area (TPSA) is 137 Å². The molecule has 10 nitrogen and oxygen atoms in total. The van der Waals surface area contributed by atoms with Gasteiger partial charge in [0.25, 0.3) is 0 Å². The minimum absolute atomic E-state index is 0.0837. The molecule has 1 fully saturated rings. The summed E-state index contributed by atoms with van der Waals surface area (Å²) in [5.41, 5.74) is 11.1. The highest BCUT2D eigenvalue weighted by molar-refractivity contribution is 6.39. The van der Waals surface area contributed by atoms with Crippen LogP contribution in [0, 0.1) is 0 Å². The molecule has 0 radical (unpaired) electrons. The van der Waals surface area contributed by atoms with E-state index in [9.17, 15) is 4.79 Å². The minimum Gasteiger partial charge on any atom is -0.480 e. The van der Waals surface area contributed by atoms with Gasteiger partial charge in [-0.1, -0.05) is 59.6 Å². The Hall–Kier alpha value is -3.83. The molecule has 2 atom stereocenters. The minimum atomic E-state index is -0.335. The largest absolute Gasteiger partial charge is 0.480 e. The third-order valence-corrected chi connectivity index (χ3v) is 7.82. The van der Waals surface area contributed by atoms with Gasteiger partial charge in [0.15, 0.2) is 0 Å². The SMILES string of the molecule is COc1nc(-c2cccc(-c3cccc(-c4cnc([C@@H](C)N)c(OC)n4)c3Cl)c2Cl)cnc1CNC[C@@H]1CCC(=O)N1. The Labute approximate surface area is 254 Å². The van der Waals surface area contributed by atoms with Gasteiger partial charge in [-0.2, -0.15) is 0 Å². The molecule has 1 amide bonds. The smallest absolute Gasteiger partial charge is 0.237 e. The number of carbonyl (C=O) groups is 1. The quantitative estimate of drug-likeness (QED) is 0.228. The van der Waals surface area contributed by atoms with Gasteiger partial charge in [0.1, 0.15) is 11.4 Å². The summed E-state index contributed by atoms with van der Waals surface area (Å²) in [5.74, 6) is 0.820. The van der Waals surface area contributed by atoms with Crippen molar-refractivity contribution in [2.24, 2.45) is 5.73 Å². The molecule has 5 rings (SSSR count). The predicted octanol–water partition coefficient (Wildman–Crippen LogP) is 4.98. The second-order valence-corrected chi connectivity index (χ2v) is 10.7. The van der Waals surface area contributed by atoms with E-state index in [1.807, 2.05) is 43.3 Å². The molecule has 0 aliphatic carbocycles. The van der Waals surface area contributed by atoms with E-state index in [1.54, 1.807) is 19.5 Å². The summed E-state index contributed by atoms with van der Waals surface area (Å²) >= 11 is 13.9. The molecule has 0 bridgehead atoms. The average Bonchev–Trinajstić information content (AvgIpc) is 3.42. The fourth-order valence-electron chi connectivity index (χ4n) is 4.86. The molecule has 4 aromatic rings. The summed E-state index contributed by atoms with van der Waals surface area (Å²) < 4.78 is 11.0. The third kappa shape index (κ3) is 6.17. The number of hydrogen-bond acceptors (Lipinski definition) is 9. The molecule has 0 saturated carbocycles. The van der Waals surface area contributed by atoms with Crippen LogP contribution in [0.1, 0.15) is 37.2 Å². The van der Waals surface area contributed by atoms with Crippen LogP contribution in [0.15, 0.2) is 48.8 Å². The summed E-state index contributed by atoms with van der Waals surface area (Å²) in [6, 6.07) is 11.1. The second-order valence-electron chi connectivity index (χ2n) is 9.92. The molecule has 2 aromatic heterocycles. The Morgan fingerprint density at radius 3 is 2.07 bits per heavy atom. The van der Waals surface area contributed by atoms with E-state index in [1.165, 1.54) is 7.11 Å². The highest BCUT2D eigenvalue weighted by atomic mass is 35.5. The lowest BCUT2D eigenvalue weighted by Gasteiger charge is -2.15. The number of benzene rings is 2. The van der Waals surface area contributed by atoms with Crippen molar-refractivity contribution in [3.8, 4) is 45.4 Å². The molecule has 12 heteroatoms. The number of nitrogens with two attached hydrogens (primary N) is 1. The number of carbonyl (C=O) groups excluding carboxylic acids is 1. The van der Waals surface area contributed by atoms with Crippen molar-refractivity contribution in [2.75, 3.05) is 20.8 Å². The lowest BCUT2D eigenvalue weighted by atomic mass is 9.98. The number of rotatable bonds is 10. The first-order chi connectivity index (χ1) is 20.3. The molecule has 4 N–H and O–H groups in total. The van der Waals surface area contributed by atoms with Crippen molar-refractivity contribution in [3.63, 3.8) is 0 Å². The second kappa shape index (κ2) is 13.0. The van der Waals surface area contributed by atoms with Gasteiger partial charge >= 0.3 is 0 Å². The normalized spacial score (nSPS) is 15.4. The number of ether oxygens (including phenoxy) is 2. The number of halogens is 2. The zero-order valence-corrected chi connectivity index (χ0v) is 25.0. The van der Waals surface area contributed by atoms with Crippen LogP contribution in [0.2, 0.25) is 10.0 Å². The first-order valence-corrected chi connectivity index (χ1v) is 14.2. The first kappa shape index (κ1) is 29.7. The van der Waals surface area contributed by atoms with Crippen molar-refractivity contribution in [1.29, 1.82) is 0 Å². The zero-order chi connectivity index (χ0) is 29.8. The van der Waals surface area contributed by atoms with Crippen LogP contribution < -0.4 is 25.8 Å². The van der Waals surface area contributed by atoms with Gasteiger partial charge in [-0.15, -0.1) is 0 Å². The van der Waals surface area contributed by atoms with Crippen LogP contribution in [0.3, 0.4) is 0 Å². The summed E-state index contributed by atoms with van der Waals surface area (Å²) in [6.45, 7) is 2.90. The lowest BCUT2D eigenvalue weighted by molar-refractivity contribution is -0.119. The molecule has 2 aromatic carbocycles. The van der Waals surface area contributed by atoms with Gasteiger partial charge in [0.05, 0.1) is 48.0 Å². The lowest BCUT2D eigenvalue weighted by Crippen LogP contribution is -2.35. The molecule has 3 heterocycles. The van der Waals surface area contributed by atoms with Gasteiger partial charge in [0, 0.05) is 53.8 Å². The maximum atomic E-state index is 11.4. The monoisotopic (exact) mass is 607 g/mol. The molecule has 0 unspecified atom stereocenters. The maximum Gasteiger partial charge on any atom is 0.237 e. The van der Waals surface area contributed by atoms with E-state index in [0.29, 0.717) is 75.2 Å². The number of hydrogen-bond donors (Lipinski definition) is 3. The van der Waals surface area contributed by atoms with Crippen molar-refractivity contribution in [2.45, 2.75) is 38.4 Å². The highest BCUT2D eigenvalue weighted by Crippen LogP contribution is 2.42. The Kier molecular flexibility index (Phi) is 9.18. The van der Waals surface area contributed by atoms with Gasteiger partial charge in [0.2, 0.25) is 17.7 Å². The first-order valence-electron chi connectivity index (χ1n) is 13.4. The Morgan fingerprint density at radius 2 is 1.52 bits per heavy atom. The van der Waals surface area contributed by atoms with E-state index in [0.717, 1.165) is 17.5 Å². The fourth-order valence-corrected chi connectivity index (χ4v) is 5.51. The number of methoxy groups -OCH3 is 2. The van der Waals surface area contributed by atoms with E-state index in [2.05, 4.69) is 25.6 Å². The Balaban J connectivity index is 1.43. The summed E-state index contributed by atoms with van der Waals surface area (Å²) in [7, 11) is 3.08. The summed E-state index contributed by atoms with van der Waals surface area (Å²) in [6.07, 6.45) is 4.68. The van der Waals surface area contributed by atoms with E-state index in [4.69, 9.17) is 43.4 Å². The Bertz CT molecular complexity index is 1620. The molecule has 1 aliphatic rings. The number of aromatic nitrogens is 4. The van der Waals surface area contributed by atoms with Crippen LogP contribution in [0.4, 0.5) is 0 Å². The molecule has 42 heavy (non-hydrogen) atoms. The van der Waals surface area contributed by atoms with Crippen molar-refractivity contribution in [3.05, 3.63) is 70.2 Å². The number of nitrogens with one attached hydrogen (secondary N) is 2. The molecule has 1 aliphatic heterocycles. The third-order valence-electron chi connectivity index (χ3n) is 7.00. The van der Waals surface area contributed by atoms with Gasteiger partial charge in [-0.05, 0) is 13.3 Å². The molecule has 1 saturated heterocycles. The van der Waals surface area contributed by atoms with Crippen LogP contribution >= 0.6 is 23.2 Å². The summed E-state index contributed by atoms with van der Waals surface area (Å²) in [5, 5.41) is 7.19. The van der Waals surface area contributed by atoms with Crippen LogP contribution in [0.5, 0.6) is 11.8 Å². The Morgan fingerprint density at radius 1 is 0.952 bits per heavy atom. The number of amides is 1. The van der Waals surface area contributed by atoms with Crippen LogP contribution in [-0.2, 0) is 11.3 Å². The highest BCUT2D eigenvalue weighted by Gasteiger charge is 2.22. The predicted molar refractivity (Wildman–Crippen MR) is 163 cm³/mol. The van der Waals surface area contributed by atoms with Gasteiger partial charge in [-0.25, -0.2) is 9.97 Å². The van der Waals surface area contributed by atoms with Crippen LogP contribution in [-0.4, -0.2) is 52.6 Å². The zero-order valence-electron chi connectivity index (χ0n) is 23.4. The van der Waals surface area contributed by atoms with Crippen molar-refractivity contribution >= 4 is 29.1 Å². The molecular formula is C30H31Cl2N7O3. The molecular weight excluding hydrogens is 577 g/mol. The van der Waals surface area contributed by atoms with Gasteiger partial charge < -0.3 is 25.8 Å². The van der Waals surface area contributed by atoms with E-state index in [-0.39, 0.29) is 18.0 Å². The molecule has 218 valence electrons. The van der Waals surface area contributed by atoms with E-state index >= 15 is 0 Å². The standard InChI is InChI=1S/C30H31Cl2N7O3/c1-16(33)28-30(42-3)39-23(15-36-28)21-9-5-7-19(27(21)32)18-6-4-8-20(26(18)31)22-14-35-24(29(38-22)41-2)13-34-12-17-10-11-25(40)37-17/h4-9,14-17,34H,10-13,33H2,1-3H3,(H,37,40)/t16-,17+/m1/s1. The summed E-state index contributed by atoms with van der Waals surface area (Å²) in [4.78, 5) is 29.8. The van der Waals surface area contributed by atoms with Gasteiger partial charge in [-0.3, -0.25) is 14.8 Å². The molecule has 0 spiro atoms. The average molecular weight is 609 g/mol. The van der Waals surface area contributed by atoms with Crippen LogP contribution in [0.25, 0.3) is 33.6 Å². The van der Waals surface area contributed by atoms with E-state index < -0.39 is 0 Å². The number of nitrogens with zero attached hydrogens (tertiary/aromatic N) is 4.